The van der Waals surface area contributed by atoms with Gasteiger partial charge in [0.05, 0.1) is 0 Å². The highest BCUT2D eigenvalue weighted by Gasteiger charge is 1.93. The highest BCUT2D eigenvalue weighted by molar-refractivity contribution is 5.30. The van der Waals surface area contributed by atoms with E-state index < -0.39 is 0 Å². The van der Waals surface area contributed by atoms with Crippen LogP contribution in [0.2, 0.25) is 0 Å². The van der Waals surface area contributed by atoms with Gasteiger partial charge in [0.15, 0.2) is 0 Å². The molecular weight excluding hydrogens is 208 g/mol. The molecule has 0 saturated heterocycles. The van der Waals surface area contributed by atoms with Gasteiger partial charge in [-0.1, -0.05) is 58.4 Å². The van der Waals surface area contributed by atoms with E-state index in [1.807, 2.05) is 27.7 Å². The first-order valence-electron chi connectivity index (χ1n) is 6.62. The van der Waals surface area contributed by atoms with Crippen molar-refractivity contribution in [3.8, 4) is 0 Å². The van der Waals surface area contributed by atoms with Crippen LogP contribution < -0.4 is 0 Å². The maximum atomic E-state index is 4.25. The number of aryl methyl sites for hydroxylation is 3. The van der Waals surface area contributed by atoms with Crippen LogP contribution in [0, 0.1) is 13.8 Å². The van der Waals surface area contributed by atoms with Crippen molar-refractivity contribution >= 4 is 0 Å². The lowest BCUT2D eigenvalue weighted by molar-refractivity contribution is 0.277. The first-order valence-corrected chi connectivity index (χ1v) is 6.62. The van der Waals surface area contributed by atoms with Crippen molar-refractivity contribution in [3.63, 3.8) is 0 Å². The summed E-state index contributed by atoms with van der Waals surface area (Å²) in [7, 11) is 3.25. The maximum Gasteiger partial charge on any atom is 0.0351 e. The van der Waals surface area contributed by atoms with Gasteiger partial charge in [-0.05, 0) is 31.4 Å². The van der Waals surface area contributed by atoms with Gasteiger partial charge in [-0.25, -0.2) is 0 Å². The van der Waals surface area contributed by atoms with Crippen molar-refractivity contribution in [2.45, 2.75) is 54.9 Å². The Balaban J connectivity index is -0.000000239. The Labute approximate surface area is 109 Å². The van der Waals surface area contributed by atoms with Crippen LogP contribution in [0.15, 0.2) is 18.2 Å². The van der Waals surface area contributed by atoms with E-state index in [9.17, 15) is 0 Å². The van der Waals surface area contributed by atoms with Crippen LogP contribution in [0.3, 0.4) is 0 Å². The summed E-state index contributed by atoms with van der Waals surface area (Å²) < 4.78 is 4.25. The van der Waals surface area contributed by atoms with Gasteiger partial charge in [0.1, 0.15) is 0 Å². The van der Waals surface area contributed by atoms with Crippen LogP contribution in [0.4, 0.5) is 0 Å². The summed E-state index contributed by atoms with van der Waals surface area (Å²) in [4.78, 5) is 0. The van der Waals surface area contributed by atoms with E-state index in [-0.39, 0.29) is 0 Å². The topological polar surface area (TPSA) is 9.23 Å². The Hall–Kier alpha value is -0.820. The van der Waals surface area contributed by atoms with Gasteiger partial charge in [0.2, 0.25) is 0 Å². The highest BCUT2D eigenvalue weighted by atomic mass is 16.4. The molecule has 0 N–H and O–H groups in total. The van der Waals surface area contributed by atoms with Crippen molar-refractivity contribution in [3.05, 3.63) is 34.9 Å². The molecule has 0 spiro atoms. The summed E-state index contributed by atoms with van der Waals surface area (Å²) in [6.45, 7) is 14.5. The van der Waals surface area contributed by atoms with Crippen molar-refractivity contribution in [2.75, 3.05) is 14.2 Å². The summed E-state index contributed by atoms with van der Waals surface area (Å²) in [5.41, 5.74) is 4.24. The van der Waals surface area contributed by atoms with E-state index in [0.29, 0.717) is 0 Å². The molecule has 1 aromatic rings. The second-order valence-corrected chi connectivity index (χ2v) is 3.19. The molecule has 0 atom stereocenters. The van der Waals surface area contributed by atoms with Gasteiger partial charge < -0.3 is 4.74 Å². The SMILES string of the molecule is CC.CC.CCc1ccc(C)cc1C.COC. The molecule has 0 amide bonds. The molecule has 0 aromatic heterocycles. The maximum absolute atomic E-state index is 4.25. The van der Waals surface area contributed by atoms with Gasteiger partial charge in [-0.3, -0.25) is 0 Å². The predicted molar refractivity (Wildman–Crippen MR) is 80.9 cm³/mol. The number of rotatable bonds is 1. The largest absolute Gasteiger partial charge is 0.388 e. The monoisotopic (exact) mass is 240 g/mol. The van der Waals surface area contributed by atoms with Crippen molar-refractivity contribution in [2.24, 2.45) is 0 Å². The first kappa shape index (κ1) is 21.5. The summed E-state index contributed by atoms with van der Waals surface area (Å²) in [6, 6.07) is 6.62. The molecular formula is C16H32O. The third kappa shape index (κ3) is 13.1. The molecule has 0 aliphatic rings. The summed E-state index contributed by atoms with van der Waals surface area (Å²) in [5.74, 6) is 0. The van der Waals surface area contributed by atoms with E-state index >= 15 is 0 Å². The molecule has 1 nitrogen and oxygen atoms in total. The lowest BCUT2D eigenvalue weighted by atomic mass is 10.0. The Morgan fingerprint density at radius 1 is 0.941 bits per heavy atom. The number of hydrogen-bond donors (Lipinski definition) is 0. The smallest absolute Gasteiger partial charge is 0.0351 e. The molecule has 1 aromatic carbocycles. The molecule has 0 fully saturated rings. The molecule has 0 aliphatic carbocycles. The Bertz CT molecular complexity index is 241. The summed E-state index contributed by atoms with van der Waals surface area (Å²) >= 11 is 0. The quantitative estimate of drug-likeness (QED) is 0.657. The fourth-order valence-corrected chi connectivity index (χ4v) is 1.24. The van der Waals surface area contributed by atoms with Crippen LogP contribution in [0.1, 0.15) is 51.3 Å². The summed E-state index contributed by atoms with van der Waals surface area (Å²) in [5, 5.41) is 0. The summed E-state index contributed by atoms with van der Waals surface area (Å²) in [6.07, 6.45) is 1.14. The number of methoxy groups -OCH3 is 1. The van der Waals surface area contributed by atoms with E-state index in [1.54, 1.807) is 14.2 Å². The normalized spacial score (nSPS) is 7.59. The molecule has 1 rings (SSSR count). The van der Waals surface area contributed by atoms with E-state index in [1.165, 1.54) is 16.7 Å². The van der Waals surface area contributed by atoms with Crippen LogP contribution in [-0.2, 0) is 11.2 Å². The standard InChI is InChI=1S/C10H14.C2H6O.2C2H6/c1-4-10-6-5-8(2)7-9(10)3;1-3-2;2*1-2/h5-7H,4H2,1-3H3;1-2H3;2*1-2H3. The third-order valence-corrected chi connectivity index (χ3v) is 1.88. The minimum absolute atomic E-state index is 1.14. The molecule has 102 valence electrons. The fraction of sp³-hybridized carbons (Fsp3) is 0.625. The van der Waals surface area contributed by atoms with Crippen molar-refractivity contribution < 1.29 is 4.74 Å². The van der Waals surface area contributed by atoms with Gasteiger partial charge in [0, 0.05) is 14.2 Å². The van der Waals surface area contributed by atoms with E-state index in [2.05, 4.69) is 43.7 Å². The lowest BCUT2D eigenvalue weighted by Crippen LogP contribution is -1.85. The minimum Gasteiger partial charge on any atom is -0.388 e. The van der Waals surface area contributed by atoms with E-state index in [4.69, 9.17) is 0 Å². The third-order valence-electron chi connectivity index (χ3n) is 1.88. The number of ether oxygens (including phenoxy) is 1. The zero-order valence-corrected chi connectivity index (χ0v) is 13.3. The Morgan fingerprint density at radius 2 is 1.35 bits per heavy atom. The van der Waals surface area contributed by atoms with Crippen LogP contribution in [-0.4, -0.2) is 14.2 Å². The second kappa shape index (κ2) is 17.6. The van der Waals surface area contributed by atoms with Gasteiger partial charge in [0.25, 0.3) is 0 Å². The molecule has 0 bridgehead atoms. The fourth-order valence-electron chi connectivity index (χ4n) is 1.24. The second-order valence-electron chi connectivity index (χ2n) is 3.19. The Kier molecular flexibility index (Phi) is 22.2. The molecule has 1 heteroatoms. The van der Waals surface area contributed by atoms with Gasteiger partial charge in [-0.2, -0.15) is 0 Å². The minimum atomic E-state index is 1.14. The van der Waals surface area contributed by atoms with Crippen molar-refractivity contribution in [1.29, 1.82) is 0 Å². The number of benzene rings is 1. The molecule has 0 radical (unpaired) electrons. The van der Waals surface area contributed by atoms with Crippen LogP contribution in [0.5, 0.6) is 0 Å². The zero-order chi connectivity index (χ0) is 14.3. The van der Waals surface area contributed by atoms with E-state index in [0.717, 1.165) is 6.42 Å². The van der Waals surface area contributed by atoms with Crippen LogP contribution in [0.25, 0.3) is 0 Å². The molecule has 0 heterocycles. The predicted octanol–water partition coefficient (Wildman–Crippen LogP) is 5.18. The van der Waals surface area contributed by atoms with Crippen LogP contribution >= 0.6 is 0 Å². The van der Waals surface area contributed by atoms with Gasteiger partial charge >= 0.3 is 0 Å². The van der Waals surface area contributed by atoms with Crippen molar-refractivity contribution in [1.82, 2.24) is 0 Å². The average molecular weight is 240 g/mol. The lowest BCUT2D eigenvalue weighted by Gasteiger charge is -2.02. The molecule has 0 unspecified atom stereocenters. The number of hydrogen-bond acceptors (Lipinski definition) is 1. The Morgan fingerprint density at radius 3 is 1.65 bits per heavy atom. The zero-order valence-electron chi connectivity index (χ0n) is 13.3. The molecule has 0 saturated carbocycles. The first-order chi connectivity index (χ1) is 8.15. The molecule has 17 heavy (non-hydrogen) atoms. The molecule has 0 aliphatic heterocycles. The average Bonchev–Trinajstić information content (AvgIpc) is 2.35. The van der Waals surface area contributed by atoms with Gasteiger partial charge in [-0.15, -0.1) is 0 Å². The highest BCUT2D eigenvalue weighted by Crippen LogP contribution is 2.10.